The van der Waals surface area contributed by atoms with Crippen molar-refractivity contribution in [3.63, 3.8) is 0 Å². The SMILES string of the molecule is Cc1cc(C)c(CNC(O)I)c(=O)[nH]1. The summed E-state index contributed by atoms with van der Waals surface area (Å²) in [4.78, 5) is 14.2. The van der Waals surface area contributed by atoms with Crippen LogP contribution in [0.1, 0.15) is 16.8 Å². The molecule has 78 valence electrons. The molecule has 0 radical (unpaired) electrons. The number of hydrogen-bond donors (Lipinski definition) is 3. The number of hydrogen-bond acceptors (Lipinski definition) is 3. The number of aromatic amines is 1. The smallest absolute Gasteiger partial charge is 0.252 e. The minimum absolute atomic E-state index is 0.0907. The standard InChI is InChI=1S/C9H13IN2O2/c1-5-3-6(2)12-8(13)7(5)4-11-9(10)14/h3,9,11,14H,4H2,1-2H3,(H,12,13). The van der Waals surface area contributed by atoms with Crippen LogP contribution in [-0.2, 0) is 6.54 Å². The second-order valence-corrected chi connectivity index (χ2v) is 4.34. The molecular weight excluding hydrogens is 295 g/mol. The first-order valence-corrected chi connectivity index (χ1v) is 5.50. The molecule has 1 unspecified atom stereocenters. The fourth-order valence-electron chi connectivity index (χ4n) is 1.29. The monoisotopic (exact) mass is 308 g/mol. The zero-order valence-electron chi connectivity index (χ0n) is 8.10. The van der Waals surface area contributed by atoms with Gasteiger partial charge in [0.25, 0.3) is 5.56 Å². The lowest BCUT2D eigenvalue weighted by atomic mass is 10.1. The van der Waals surface area contributed by atoms with Crippen molar-refractivity contribution in [3.05, 3.63) is 33.2 Å². The number of pyridine rings is 1. The average Bonchev–Trinajstić information content (AvgIpc) is 2.01. The lowest BCUT2D eigenvalue weighted by Gasteiger charge is -2.08. The highest BCUT2D eigenvalue weighted by molar-refractivity contribution is 14.1. The van der Waals surface area contributed by atoms with Gasteiger partial charge >= 0.3 is 0 Å². The number of H-pyrrole nitrogens is 1. The Morgan fingerprint density at radius 2 is 2.29 bits per heavy atom. The predicted molar refractivity (Wildman–Crippen MR) is 63.4 cm³/mol. The van der Waals surface area contributed by atoms with Crippen molar-refractivity contribution in [3.8, 4) is 0 Å². The number of alkyl halides is 1. The minimum atomic E-state index is -0.632. The number of aryl methyl sites for hydroxylation is 2. The van der Waals surface area contributed by atoms with Gasteiger partial charge in [-0.3, -0.25) is 10.1 Å². The van der Waals surface area contributed by atoms with Crippen molar-refractivity contribution in [1.29, 1.82) is 0 Å². The first-order chi connectivity index (χ1) is 6.50. The zero-order valence-corrected chi connectivity index (χ0v) is 10.3. The molecule has 0 fully saturated rings. The van der Waals surface area contributed by atoms with Gasteiger partial charge in [0, 0.05) is 17.8 Å². The van der Waals surface area contributed by atoms with Gasteiger partial charge in [-0.15, -0.1) is 0 Å². The first-order valence-electron chi connectivity index (χ1n) is 4.25. The molecule has 4 nitrogen and oxygen atoms in total. The van der Waals surface area contributed by atoms with Gasteiger partial charge in [0.05, 0.1) is 0 Å². The van der Waals surface area contributed by atoms with Crippen LogP contribution in [0.5, 0.6) is 0 Å². The Labute approximate surface area is 95.9 Å². The van der Waals surface area contributed by atoms with Crippen LogP contribution in [0.2, 0.25) is 0 Å². The maximum Gasteiger partial charge on any atom is 0.252 e. The van der Waals surface area contributed by atoms with E-state index in [1.807, 2.05) is 42.5 Å². The predicted octanol–water partition coefficient (Wildman–Crippen LogP) is 0.792. The summed E-state index contributed by atoms with van der Waals surface area (Å²) in [6, 6.07) is 1.91. The number of aliphatic hydroxyl groups excluding tert-OH is 1. The van der Waals surface area contributed by atoms with Crippen LogP contribution in [-0.4, -0.2) is 14.3 Å². The molecule has 0 amide bonds. The summed E-state index contributed by atoms with van der Waals surface area (Å²) >= 11 is 1.83. The molecule has 0 aliphatic heterocycles. The van der Waals surface area contributed by atoms with Crippen molar-refractivity contribution < 1.29 is 5.11 Å². The largest absolute Gasteiger partial charge is 0.369 e. The van der Waals surface area contributed by atoms with E-state index in [4.69, 9.17) is 5.11 Å². The van der Waals surface area contributed by atoms with Crippen molar-refractivity contribution in [2.45, 2.75) is 24.6 Å². The van der Waals surface area contributed by atoms with E-state index in [-0.39, 0.29) is 5.56 Å². The fraction of sp³-hybridized carbons (Fsp3) is 0.444. The van der Waals surface area contributed by atoms with Crippen LogP contribution in [0.25, 0.3) is 0 Å². The number of halogens is 1. The molecule has 0 aliphatic carbocycles. The van der Waals surface area contributed by atoms with Crippen LogP contribution in [0.4, 0.5) is 0 Å². The fourth-order valence-corrected chi connectivity index (χ4v) is 1.51. The molecule has 0 bridgehead atoms. The average molecular weight is 308 g/mol. The van der Waals surface area contributed by atoms with Crippen molar-refractivity contribution >= 4 is 22.6 Å². The number of nitrogens with one attached hydrogen (secondary N) is 2. The molecule has 0 spiro atoms. The van der Waals surface area contributed by atoms with E-state index in [0.717, 1.165) is 11.3 Å². The molecule has 0 saturated heterocycles. The molecule has 1 atom stereocenters. The van der Waals surface area contributed by atoms with E-state index in [1.165, 1.54) is 0 Å². The van der Waals surface area contributed by atoms with E-state index in [1.54, 1.807) is 0 Å². The highest BCUT2D eigenvalue weighted by Crippen LogP contribution is 2.03. The van der Waals surface area contributed by atoms with Gasteiger partial charge in [-0.05, 0) is 48.1 Å². The van der Waals surface area contributed by atoms with E-state index >= 15 is 0 Å². The van der Waals surface area contributed by atoms with Gasteiger partial charge in [-0.25, -0.2) is 0 Å². The molecule has 0 saturated carbocycles. The third-order valence-corrected chi connectivity index (χ3v) is 2.38. The number of aliphatic hydroxyl groups is 1. The molecule has 3 N–H and O–H groups in total. The zero-order chi connectivity index (χ0) is 10.7. The Morgan fingerprint density at radius 1 is 1.64 bits per heavy atom. The van der Waals surface area contributed by atoms with E-state index in [2.05, 4.69) is 10.3 Å². The van der Waals surface area contributed by atoms with E-state index < -0.39 is 4.23 Å². The van der Waals surface area contributed by atoms with Crippen molar-refractivity contribution in [2.24, 2.45) is 0 Å². The summed E-state index contributed by atoms with van der Waals surface area (Å²) in [6.07, 6.45) is 0. The molecule has 1 heterocycles. The Kier molecular flexibility index (Phi) is 4.09. The maximum atomic E-state index is 11.5. The molecule has 1 aromatic rings. The van der Waals surface area contributed by atoms with Gasteiger partial charge in [-0.1, -0.05) is 0 Å². The maximum absolute atomic E-state index is 11.5. The van der Waals surface area contributed by atoms with Gasteiger partial charge < -0.3 is 10.1 Å². The Bertz CT molecular complexity index is 374. The van der Waals surface area contributed by atoms with Crippen LogP contribution in [0.15, 0.2) is 10.9 Å². The molecule has 0 aliphatic rings. The first kappa shape index (κ1) is 11.7. The van der Waals surface area contributed by atoms with Crippen LogP contribution in [0, 0.1) is 13.8 Å². The third kappa shape index (κ3) is 3.07. The summed E-state index contributed by atoms with van der Waals surface area (Å²) < 4.78 is -0.632. The minimum Gasteiger partial charge on any atom is -0.369 e. The Hall–Kier alpha value is -0.400. The van der Waals surface area contributed by atoms with Gasteiger partial charge in [-0.2, -0.15) is 0 Å². The van der Waals surface area contributed by atoms with Gasteiger partial charge in [0.2, 0.25) is 0 Å². The number of rotatable bonds is 3. The highest BCUT2D eigenvalue weighted by Gasteiger charge is 2.05. The summed E-state index contributed by atoms with van der Waals surface area (Å²) in [7, 11) is 0. The lowest BCUT2D eigenvalue weighted by molar-refractivity contribution is 0.239. The Balaban J connectivity index is 2.92. The van der Waals surface area contributed by atoms with E-state index in [9.17, 15) is 4.79 Å². The summed E-state index contributed by atoms with van der Waals surface area (Å²) in [6.45, 7) is 4.11. The molecule has 1 aromatic heterocycles. The van der Waals surface area contributed by atoms with E-state index in [0.29, 0.717) is 12.1 Å². The normalized spacial score (nSPS) is 12.9. The lowest BCUT2D eigenvalue weighted by Crippen LogP contribution is -2.27. The molecule has 1 rings (SSSR count). The summed E-state index contributed by atoms with van der Waals surface area (Å²) in [5, 5.41) is 11.8. The summed E-state index contributed by atoms with van der Waals surface area (Å²) in [5.41, 5.74) is 2.38. The molecule has 0 aromatic carbocycles. The molecule has 5 heteroatoms. The van der Waals surface area contributed by atoms with Crippen LogP contribution < -0.4 is 10.9 Å². The third-order valence-electron chi connectivity index (χ3n) is 1.94. The van der Waals surface area contributed by atoms with Gasteiger partial charge in [0.15, 0.2) is 4.23 Å². The molecular formula is C9H13IN2O2. The topological polar surface area (TPSA) is 65.1 Å². The Morgan fingerprint density at radius 3 is 2.79 bits per heavy atom. The van der Waals surface area contributed by atoms with Crippen LogP contribution in [0.3, 0.4) is 0 Å². The quantitative estimate of drug-likeness (QED) is 0.335. The second kappa shape index (κ2) is 4.90. The second-order valence-electron chi connectivity index (χ2n) is 3.16. The summed E-state index contributed by atoms with van der Waals surface area (Å²) in [5.74, 6) is 0. The molecule has 14 heavy (non-hydrogen) atoms. The van der Waals surface area contributed by atoms with Crippen molar-refractivity contribution in [1.82, 2.24) is 10.3 Å². The highest BCUT2D eigenvalue weighted by atomic mass is 127. The van der Waals surface area contributed by atoms with Crippen LogP contribution >= 0.6 is 22.6 Å². The van der Waals surface area contributed by atoms with Gasteiger partial charge in [0.1, 0.15) is 0 Å². The number of aromatic nitrogens is 1. The van der Waals surface area contributed by atoms with Crippen molar-refractivity contribution in [2.75, 3.05) is 0 Å².